The molecule has 3 fully saturated rings. The van der Waals surface area contributed by atoms with Gasteiger partial charge in [-0.2, -0.15) is 0 Å². The summed E-state index contributed by atoms with van der Waals surface area (Å²) in [5, 5.41) is 3.98. The molecule has 0 amide bonds. The zero-order valence-corrected chi connectivity index (χ0v) is 12.8. The van der Waals surface area contributed by atoms with Crippen LogP contribution in [0.5, 0.6) is 0 Å². The van der Waals surface area contributed by atoms with Gasteiger partial charge in [-0.15, -0.1) is 0 Å². The maximum Gasteiger partial charge on any atom is 0.0697 e. The van der Waals surface area contributed by atoms with E-state index in [4.69, 9.17) is 4.74 Å². The molecule has 0 aromatic carbocycles. The van der Waals surface area contributed by atoms with E-state index in [1.165, 1.54) is 64.2 Å². The van der Waals surface area contributed by atoms with Crippen LogP contribution in [0.15, 0.2) is 0 Å². The van der Waals surface area contributed by atoms with Crippen molar-refractivity contribution in [3.63, 3.8) is 0 Å². The Kier molecular flexibility index (Phi) is 3.92. The van der Waals surface area contributed by atoms with Crippen LogP contribution in [0.1, 0.15) is 78.1 Å². The standard InChI is InChI=1S/C17H31NO/c1-16(2)8-5-6-14(12-16)18-15-7-11-19-17(13-15)9-3-4-10-17/h14-15,18H,3-13H2,1-2H3. The molecule has 2 aliphatic carbocycles. The maximum atomic E-state index is 6.15. The smallest absolute Gasteiger partial charge is 0.0697 e. The van der Waals surface area contributed by atoms with Crippen LogP contribution in [0.2, 0.25) is 0 Å². The second-order valence-electron chi connectivity index (χ2n) is 8.05. The van der Waals surface area contributed by atoms with Crippen LogP contribution in [0, 0.1) is 5.41 Å². The molecule has 2 unspecified atom stereocenters. The second kappa shape index (κ2) is 5.37. The third-order valence-electron chi connectivity index (χ3n) is 5.68. The van der Waals surface area contributed by atoms with Crippen LogP contribution in [-0.2, 0) is 4.74 Å². The molecule has 1 N–H and O–H groups in total. The van der Waals surface area contributed by atoms with Crippen LogP contribution in [-0.4, -0.2) is 24.3 Å². The Morgan fingerprint density at radius 2 is 1.63 bits per heavy atom. The summed E-state index contributed by atoms with van der Waals surface area (Å²) < 4.78 is 6.15. The summed E-state index contributed by atoms with van der Waals surface area (Å²) >= 11 is 0. The third kappa shape index (κ3) is 3.33. The molecule has 0 radical (unpaired) electrons. The Morgan fingerprint density at radius 1 is 0.895 bits per heavy atom. The lowest BCUT2D eigenvalue weighted by atomic mass is 9.74. The Balaban J connectivity index is 1.54. The molecule has 2 saturated carbocycles. The SMILES string of the molecule is CC1(C)CCCC(NC2CCOC3(CCCC3)C2)C1. The normalized spacial score (nSPS) is 37.6. The first-order valence-electron chi connectivity index (χ1n) is 8.47. The summed E-state index contributed by atoms with van der Waals surface area (Å²) in [6.45, 7) is 5.85. The van der Waals surface area contributed by atoms with E-state index in [-0.39, 0.29) is 5.60 Å². The van der Waals surface area contributed by atoms with Crippen molar-refractivity contribution >= 4 is 0 Å². The first-order chi connectivity index (χ1) is 9.07. The van der Waals surface area contributed by atoms with Crippen LogP contribution in [0.25, 0.3) is 0 Å². The van der Waals surface area contributed by atoms with E-state index in [1.54, 1.807) is 0 Å². The largest absolute Gasteiger partial charge is 0.375 e. The number of ether oxygens (including phenoxy) is 1. The van der Waals surface area contributed by atoms with E-state index >= 15 is 0 Å². The van der Waals surface area contributed by atoms with E-state index in [1.807, 2.05) is 0 Å². The molecule has 1 aliphatic heterocycles. The van der Waals surface area contributed by atoms with E-state index in [0.29, 0.717) is 11.5 Å². The highest BCUT2D eigenvalue weighted by molar-refractivity contribution is 4.95. The molecule has 0 aromatic rings. The fourth-order valence-corrected chi connectivity index (χ4v) is 4.71. The van der Waals surface area contributed by atoms with Gasteiger partial charge in [0.15, 0.2) is 0 Å². The summed E-state index contributed by atoms with van der Waals surface area (Å²) in [5.41, 5.74) is 0.812. The quantitative estimate of drug-likeness (QED) is 0.813. The average Bonchev–Trinajstić information content (AvgIpc) is 2.76. The molecular weight excluding hydrogens is 234 g/mol. The summed E-state index contributed by atoms with van der Waals surface area (Å²) in [7, 11) is 0. The summed E-state index contributed by atoms with van der Waals surface area (Å²) in [5.74, 6) is 0. The molecule has 1 spiro atoms. The van der Waals surface area contributed by atoms with Crippen LogP contribution < -0.4 is 5.32 Å². The molecule has 110 valence electrons. The summed E-state index contributed by atoms with van der Waals surface area (Å²) in [6, 6.07) is 1.47. The van der Waals surface area contributed by atoms with Crippen LogP contribution in [0.3, 0.4) is 0 Å². The van der Waals surface area contributed by atoms with Gasteiger partial charge in [-0.1, -0.05) is 33.1 Å². The van der Waals surface area contributed by atoms with E-state index in [0.717, 1.165) is 12.6 Å². The monoisotopic (exact) mass is 265 g/mol. The number of hydrogen-bond donors (Lipinski definition) is 1. The minimum atomic E-state index is 0.264. The number of nitrogens with one attached hydrogen (secondary N) is 1. The highest BCUT2D eigenvalue weighted by atomic mass is 16.5. The molecule has 19 heavy (non-hydrogen) atoms. The molecule has 1 heterocycles. The van der Waals surface area contributed by atoms with Crippen LogP contribution >= 0.6 is 0 Å². The van der Waals surface area contributed by atoms with Crippen molar-refractivity contribution in [1.29, 1.82) is 0 Å². The van der Waals surface area contributed by atoms with E-state index < -0.39 is 0 Å². The Morgan fingerprint density at radius 3 is 2.37 bits per heavy atom. The minimum Gasteiger partial charge on any atom is -0.375 e. The van der Waals surface area contributed by atoms with Crippen molar-refractivity contribution < 1.29 is 4.74 Å². The highest BCUT2D eigenvalue weighted by Crippen LogP contribution is 2.41. The number of rotatable bonds is 2. The predicted molar refractivity (Wildman–Crippen MR) is 79.3 cm³/mol. The Bertz CT molecular complexity index is 306. The first kappa shape index (κ1) is 13.9. The van der Waals surface area contributed by atoms with Crippen molar-refractivity contribution in [2.75, 3.05) is 6.61 Å². The molecule has 2 heteroatoms. The van der Waals surface area contributed by atoms with Gasteiger partial charge in [0, 0.05) is 18.7 Å². The molecule has 2 nitrogen and oxygen atoms in total. The van der Waals surface area contributed by atoms with Gasteiger partial charge in [0.25, 0.3) is 0 Å². The molecule has 0 bridgehead atoms. The summed E-state index contributed by atoms with van der Waals surface area (Å²) in [4.78, 5) is 0. The number of hydrogen-bond acceptors (Lipinski definition) is 2. The minimum absolute atomic E-state index is 0.264. The summed E-state index contributed by atoms with van der Waals surface area (Å²) in [6.07, 6.45) is 13.4. The van der Waals surface area contributed by atoms with Crippen molar-refractivity contribution in [3.8, 4) is 0 Å². The van der Waals surface area contributed by atoms with Crippen LogP contribution in [0.4, 0.5) is 0 Å². The van der Waals surface area contributed by atoms with Gasteiger partial charge in [0.1, 0.15) is 0 Å². The van der Waals surface area contributed by atoms with Gasteiger partial charge in [-0.05, 0) is 50.4 Å². The lowest BCUT2D eigenvalue weighted by Crippen LogP contribution is -2.50. The van der Waals surface area contributed by atoms with Gasteiger partial charge in [0.05, 0.1) is 5.60 Å². The lowest BCUT2D eigenvalue weighted by molar-refractivity contribution is -0.0856. The second-order valence-corrected chi connectivity index (χ2v) is 8.05. The van der Waals surface area contributed by atoms with Crippen molar-refractivity contribution in [3.05, 3.63) is 0 Å². The fraction of sp³-hybridized carbons (Fsp3) is 1.00. The third-order valence-corrected chi connectivity index (χ3v) is 5.68. The topological polar surface area (TPSA) is 21.3 Å². The van der Waals surface area contributed by atoms with Gasteiger partial charge in [-0.25, -0.2) is 0 Å². The van der Waals surface area contributed by atoms with E-state index in [2.05, 4.69) is 19.2 Å². The van der Waals surface area contributed by atoms with Gasteiger partial charge in [0.2, 0.25) is 0 Å². The molecule has 0 aromatic heterocycles. The zero-order valence-electron chi connectivity index (χ0n) is 12.8. The molecule has 1 saturated heterocycles. The van der Waals surface area contributed by atoms with Crippen molar-refractivity contribution in [2.45, 2.75) is 95.7 Å². The van der Waals surface area contributed by atoms with Gasteiger partial charge < -0.3 is 10.1 Å². The van der Waals surface area contributed by atoms with E-state index in [9.17, 15) is 0 Å². The maximum absolute atomic E-state index is 6.15. The molecule has 2 atom stereocenters. The molecule has 3 aliphatic rings. The molecule has 3 rings (SSSR count). The van der Waals surface area contributed by atoms with Gasteiger partial charge in [-0.3, -0.25) is 0 Å². The fourth-order valence-electron chi connectivity index (χ4n) is 4.71. The van der Waals surface area contributed by atoms with Crippen molar-refractivity contribution in [2.24, 2.45) is 5.41 Å². The Labute approximate surface area is 118 Å². The van der Waals surface area contributed by atoms with Crippen molar-refractivity contribution in [1.82, 2.24) is 5.32 Å². The zero-order chi connectivity index (χ0) is 13.3. The predicted octanol–water partition coefficient (Wildman–Crippen LogP) is 4.04. The lowest BCUT2D eigenvalue weighted by Gasteiger charge is -2.42. The first-order valence-corrected chi connectivity index (χ1v) is 8.47. The Hall–Kier alpha value is -0.0800. The average molecular weight is 265 g/mol. The highest BCUT2D eigenvalue weighted by Gasteiger charge is 2.40. The molecular formula is C17H31NO. The van der Waals surface area contributed by atoms with Gasteiger partial charge >= 0.3 is 0 Å².